The zero-order chi connectivity index (χ0) is 30.1. The number of likely N-dealkylation sites (tertiary alicyclic amines) is 1. The van der Waals surface area contributed by atoms with Crippen molar-refractivity contribution in [3.05, 3.63) is 131 Å². The van der Waals surface area contributed by atoms with Crippen LogP contribution in [-0.4, -0.2) is 47.5 Å². The zero-order valence-corrected chi connectivity index (χ0v) is 25.9. The molecule has 2 aliphatic rings. The Morgan fingerprint density at radius 3 is 2.05 bits per heavy atom. The third-order valence-electron chi connectivity index (χ3n) is 9.64. The van der Waals surface area contributed by atoms with Gasteiger partial charge in [0.05, 0.1) is 12.7 Å². The van der Waals surface area contributed by atoms with Crippen LogP contribution in [0.4, 0.5) is 0 Å². The van der Waals surface area contributed by atoms with E-state index in [-0.39, 0.29) is 11.3 Å². The molecule has 1 fully saturated rings. The quantitative estimate of drug-likeness (QED) is 0.206. The van der Waals surface area contributed by atoms with E-state index >= 15 is 0 Å². The molecule has 2 N–H and O–H groups in total. The van der Waals surface area contributed by atoms with E-state index in [4.69, 9.17) is 4.74 Å². The van der Waals surface area contributed by atoms with Crippen LogP contribution in [-0.2, 0) is 16.9 Å². The lowest BCUT2D eigenvalue weighted by atomic mass is 9.72. The van der Waals surface area contributed by atoms with E-state index in [0.717, 1.165) is 75.0 Å². The summed E-state index contributed by atoms with van der Waals surface area (Å²) in [5.41, 5.74) is 3.20. The molecule has 0 aromatic heterocycles. The fourth-order valence-corrected chi connectivity index (χ4v) is 6.98. The molecule has 43 heavy (non-hydrogen) atoms. The highest BCUT2D eigenvalue weighted by molar-refractivity contribution is 5.37. The molecule has 1 aliphatic heterocycles. The number of nitrogens with zero attached hydrogens (tertiary/aromatic N) is 1. The summed E-state index contributed by atoms with van der Waals surface area (Å²) in [6.07, 6.45) is 10.8. The molecule has 3 aromatic carbocycles. The molecule has 2 atom stereocenters. The molecule has 0 bridgehead atoms. The Bertz CT molecular complexity index is 1270. The fourth-order valence-electron chi connectivity index (χ4n) is 6.98. The Hall–Kier alpha value is -3.02. The molecule has 0 amide bonds. The highest BCUT2D eigenvalue weighted by Crippen LogP contribution is 2.42. The van der Waals surface area contributed by atoms with Crippen LogP contribution in [0.15, 0.2) is 115 Å². The molecule has 1 aliphatic carbocycles. The normalized spacial score (nSPS) is 20.1. The maximum absolute atomic E-state index is 12.2. The van der Waals surface area contributed by atoms with Crippen molar-refractivity contribution in [3.63, 3.8) is 0 Å². The molecule has 1 heterocycles. The van der Waals surface area contributed by atoms with Crippen LogP contribution in [0.25, 0.3) is 0 Å². The van der Waals surface area contributed by atoms with Crippen LogP contribution in [0.1, 0.15) is 62.6 Å². The van der Waals surface area contributed by atoms with Crippen molar-refractivity contribution in [2.24, 2.45) is 17.3 Å². The summed E-state index contributed by atoms with van der Waals surface area (Å²) in [6, 6.07) is 30.6. The molecular weight excluding hydrogens is 530 g/mol. The standard InChI is InChI=1S/C39H49NO3/c1-38(2)29-32(20-21-33(38)24-28-43-30-31-13-6-3-7-14-31)37(41)19-12-25-40-26-22-36(23-27-40)39(42,34-15-8-4-9-16-34)35-17-10-5-11-18-35/h3-11,13-18,20-21,29,33,36-37,41-42H,12,19,22-28,30H2,1-2H3. The second kappa shape index (κ2) is 14.6. The molecule has 0 radical (unpaired) electrons. The zero-order valence-electron chi connectivity index (χ0n) is 25.9. The number of hydrogen-bond donors (Lipinski definition) is 2. The third-order valence-corrected chi connectivity index (χ3v) is 9.64. The van der Waals surface area contributed by atoms with Gasteiger partial charge in [-0.15, -0.1) is 0 Å². The van der Waals surface area contributed by atoms with E-state index in [2.05, 4.69) is 73.4 Å². The van der Waals surface area contributed by atoms with Crippen LogP contribution in [0.3, 0.4) is 0 Å². The summed E-state index contributed by atoms with van der Waals surface area (Å²) in [6.45, 7) is 8.81. The number of aliphatic hydroxyl groups excluding tert-OH is 1. The second-order valence-corrected chi connectivity index (χ2v) is 13.0. The minimum atomic E-state index is -0.983. The summed E-state index contributed by atoms with van der Waals surface area (Å²) in [4.78, 5) is 2.50. The Morgan fingerprint density at radius 1 is 0.884 bits per heavy atom. The average Bonchev–Trinajstić information content (AvgIpc) is 3.04. The topological polar surface area (TPSA) is 52.9 Å². The smallest absolute Gasteiger partial charge is 0.117 e. The van der Waals surface area contributed by atoms with Crippen molar-refractivity contribution in [1.29, 1.82) is 0 Å². The summed E-state index contributed by atoms with van der Waals surface area (Å²) in [7, 11) is 0. The van der Waals surface area contributed by atoms with Crippen LogP contribution < -0.4 is 0 Å². The monoisotopic (exact) mass is 579 g/mol. The van der Waals surface area contributed by atoms with Gasteiger partial charge in [0.1, 0.15) is 5.60 Å². The van der Waals surface area contributed by atoms with Crippen molar-refractivity contribution in [1.82, 2.24) is 4.90 Å². The average molecular weight is 580 g/mol. The first-order chi connectivity index (χ1) is 20.9. The first kappa shape index (κ1) is 31.4. The minimum Gasteiger partial charge on any atom is -0.388 e. The Kier molecular flexibility index (Phi) is 10.7. The Balaban J connectivity index is 1.07. The van der Waals surface area contributed by atoms with Gasteiger partial charge in [-0.1, -0.05) is 123 Å². The molecule has 4 heteroatoms. The van der Waals surface area contributed by atoms with Gasteiger partial charge < -0.3 is 19.8 Å². The van der Waals surface area contributed by atoms with Crippen molar-refractivity contribution in [3.8, 4) is 0 Å². The van der Waals surface area contributed by atoms with Gasteiger partial charge >= 0.3 is 0 Å². The summed E-state index contributed by atoms with van der Waals surface area (Å²) >= 11 is 0. The van der Waals surface area contributed by atoms with Crippen LogP contribution in [0.5, 0.6) is 0 Å². The number of hydrogen-bond acceptors (Lipinski definition) is 4. The summed E-state index contributed by atoms with van der Waals surface area (Å²) in [5.74, 6) is 0.557. The van der Waals surface area contributed by atoms with Gasteiger partial charge in [-0.25, -0.2) is 0 Å². The Morgan fingerprint density at radius 2 is 1.47 bits per heavy atom. The van der Waals surface area contributed by atoms with Gasteiger partial charge in [0, 0.05) is 6.61 Å². The van der Waals surface area contributed by atoms with Crippen LogP contribution in [0, 0.1) is 17.3 Å². The molecule has 0 spiro atoms. The van der Waals surface area contributed by atoms with E-state index in [1.54, 1.807) is 0 Å². The third kappa shape index (κ3) is 7.93. The number of aliphatic hydroxyl groups is 2. The van der Waals surface area contributed by atoms with Crippen molar-refractivity contribution < 1.29 is 14.9 Å². The van der Waals surface area contributed by atoms with Crippen LogP contribution >= 0.6 is 0 Å². The highest BCUT2D eigenvalue weighted by Gasteiger charge is 2.41. The van der Waals surface area contributed by atoms with Crippen LogP contribution in [0.2, 0.25) is 0 Å². The van der Waals surface area contributed by atoms with E-state index < -0.39 is 11.7 Å². The maximum Gasteiger partial charge on any atom is 0.117 e. The summed E-state index contributed by atoms with van der Waals surface area (Å²) < 4.78 is 5.95. The predicted octanol–water partition coefficient (Wildman–Crippen LogP) is 7.52. The largest absolute Gasteiger partial charge is 0.388 e. The van der Waals surface area contributed by atoms with Gasteiger partial charge in [0.25, 0.3) is 0 Å². The number of rotatable bonds is 13. The van der Waals surface area contributed by atoms with E-state index in [1.807, 2.05) is 54.6 Å². The van der Waals surface area contributed by atoms with Crippen molar-refractivity contribution >= 4 is 0 Å². The Labute approximate surface area is 258 Å². The molecule has 1 saturated heterocycles. The van der Waals surface area contributed by atoms with E-state index in [1.165, 1.54) is 5.56 Å². The van der Waals surface area contributed by atoms with Gasteiger partial charge in [0.15, 0.2) is 0 Å². The maximum atomic E-state index is 12.2. The molecule has 3 aromatic rings. The van der Waals surface area contributed by atoms with Gasteiger partial charge in [-0.2, -0.15) is 0 Å². The fraction of sp³-hybridized carbons (Fsp3) is 0.436. The SMILES string of the molecule is CC1(C)C=C(C(O)CCCN2CCC(C(O)(c3ccccc3)c3ccccc3)CC2)C=CC1CCOCc1ccccc1. The number of ether oxygens (including phenoxy) is 1. The van der Waals surface area contributed by atoms with Gasteiger partial charge in [-0.3, -0.25) is 0 Å². The number of benzene rings is 3. The lowest BCUT2D eigenvalue weighted by molar-refractivity contribution is -0.0145. The molecule has 0 saturated carbocycles. The minimum absolute atomic E-state index is 0.0165. The number of allylic oxidation sites excluding steroid dienone is 2. The first-order valence-corrected chi connectivity index (χ1v) is 16.1. The number of piperidine rings is 1. The molecule has 4 nitrogen and oxygen atoms in total. The molecule has 2 unspecified atom stereocenters. The molecule has 228 valence electrons. The predicted molar refractivity (Wildman–Crippen MR) is 175 cm³/mol. The highest BCUT2D eigenvalue weighted by atomic mass is 16.5. The summed E-state index contributed by atoms with van der Waals surface area (Å²) in [5, 5.41) is 23.2. The molecule has 5 rings (SSSR count). The van der Waals surface area contributed by atoms with E-state index in [0.29, 0.717) is 12.5 Å². The second-order valence-electron chi connectivity index (χ2n) is 13.0. The van der Waals surface area contributed by atoms with Gasteiger partial charge in [0.2, 0.25) is 0 Å². The van der Waals surface area contributed by atoms with Crippen molar-refractivity contribution in [2.75, 3.05) is 26.2 Å². The van der Waals surface area contributed by atoms with Crippen molar-refractivity contribution in [2.45, 2.75) is 64.3 Å². The van der Waals surface area contributed by atoms with E-state index in [9.17, 15) is 10.2 Å². The lowest BCUT2D eigenvalue weighted by Crippen LogP contribution is -2.44. The van der Waals surface area contributed by atoms with Gasteiger partial charge in [-0.05, 0) is 91.3 Å². The lowest BCUT2D eigenvalue weighted by Gasteiger charge is -2.42. The first-order valence-electron chi connectivity index (χ1n) is 16.1. The molecular formula is C39H49NO3.